The average Bonchev–Trinajstić information content (AvgIpc) is 3.03. The molecule has 6 nitrogen and oxygen atoms in total. The minimum atomic E-state index is -0.549. The van der Waals surface area contributed by atoms with Gasteiger partial charge in [-0.1, -0.05) is 13.8 Å². The summed E-state index contributed by atoms with van der Waals surface area (Å²) in [5, 5.41) is 2.79. The molecule has 0 spiro atoms. The Morgan fingerprint density at radius 3 is 2.77 bits per heavy atom. The van der Waals surface area contributed by atoms with Crippen LogP contribution < -0.4 is 5.32 Å². The van der Waals surface area contributed by atoms with E-state index in [9.17, 15) is 4.79 Å². The number of hydrogen-bond donors (Lipinski definition) is 1. The molecule has 0 radical (unpaired) electrons. The maximum Gasteiger partial charge on any atom is 0.412 e. The molecule has 1 saturated heterocycles. The summed E-state index contributed by atoms with van der Waals surface area (Å²) in [4.78, 5) is 16.7. The van der Waals surface area contributed by atoms with Crippen LogP contribution >= 0.6 is 11.6 Å². The molecule has 0 unspecified atom stereocenters. The quantitative estimate of drug-likeness (QED) is 0.783. The van der Waals surface area contributed by atoms with Crippen molar-refractivity contribution in [3.63, 3.8) is 0 Å². The number of imidazole rings is 1. The molecular weight excluding hydrogens is 354 g/mol. The van der Waals surface area contributed by atoms with Crippen LogP contribution in [0, 0.1) is 5.41 Å². The smallest absolute Gasteiger partial charge is 0.412 e. The van der Waals surface area contributed by atoms with Crippen molar-refractivity contribution in [2.45, 2.75) is 52.1 Å². The third kappa shape index (κ3) is 3.81. The highest BCUT2D eigenvalue weighted by molar-refractivity contribution is 6.16. The summed E-state index contributed by atoms with van der Waals surface area (Å²) >= 11 is 6.16. The van der Waals surface area contributed by atoms with Crippen molar-refractivity contribution in [1.82, 2.24) is 9.55 Å². The van der Waals surface area contributed by atoms with Crippen molar-refractivity contribution in [1.29, 1.82) is 0 Å². The van der Waals surface area contributed by atoms with Crippen LogP contribution in [0.15, 0.2) is 18.2 Å². The van der Waals surface area contributed by atoms with Gasteiger partial charge >= 0.3 is 6.09 Å². The number of halogens is 1. The molecule has 1 fully saturated rings. The van der Waals surface area contributed by atoms with E-state index in [0.717, 1.165) is 16.9 Å². The van der Waals surface area contributed by atoms with Crippen molar-refractivity contribution in [2.75, 3.05) is 18.5 Å². The molecule has 1 N–H and O–H groups in total. The van der Waals surface area contributed by atoms with Crippen LogP contribution in [0.25, 0.3) is 11.0 Å². The van der Waals surface area contributed by atoms with Gasteiger partial charge in [-0.15, -0.1) is 11.6 Å². The number of carbonyl (C=O) groups is 1. The molecule has 1 aromatic heterocycles. The molecule has 1 aliphatic heterocycles. The summed E-state index contributed by atoms with van der Waals surface area (Å²) in [6.07, 6.45) is -0.481. The SMILES string of the molecule is CC(C)(C)OC(=O)Nc1ccc2nc(CCl)n([C@@H]3COCC3(C)C)c2c1. The molecule has 1 aliphatic rings. The maximum absolute atomic E-state index is 12.1. The Labute approximate surface area is 158 Å². The summed E-state index contributed by atoms with van der Waals surface area (Å²) < 4.78 is 13.2. The molecule has 0 bridgehead atoms. The normalized spacial score (nSPS) is 19.7. The molecule has 7 heteroatoms. The van der Waals surface area contributed by atoms with Crippen LogP contribution in [0.2, 0.25) is 0 Å². The topological polar surface area (TPSA) is 65.4 Å². The van der Waals surface area contributed by atoms with Crippen molar-refractivity contribution in [2.24, 2.45) is 5.41 Å². The van der Waals surface area contributed by atoms with Crippen molar-refractivity contribution >= 4 is 34.4 Å². The number of benzene rings is 1. The fourth-order valence-corrected chi connectivity index (χ4v) is 3.45. The number of ether oxygens (including phenoxy) is 2. The third-order valence-electron chi connectivity index (χ3n) is 4.49. The molecule has 0 saturated carbocycles. The number of amides is 1. The fraction of sp³-hybridized carbons (Fsp3) is 0.579. The molecule has 3 rings (SSSR count). The van der Waals surface area contributed by atoms with Crippen LogP contribution in [0.4, 0.5) is 10.5 Å². The van der Waals surface area contributed by atoms with Gasteiger partial charge in [0.05, 0.1) is 36.2 Å². The van der Waals surface area contributed by atoms with E-state index in [1.807, 2.05) is 39.0 Å². The van der Waals surface area contributed by atoms with Crippen LogP contribution in [-0.2, 0) is 15.4 Å². The van der Waals surface area contributed by atoms with E-state index in [2.05, 4.69) is 28.7 Å². The summed E-state index contributed by atoms with van der Waals surface area (Å²) in [6, 6.07) is 5.75. The number of hydrogen-bond acceptors (Lipinski definition) is 4. The maximum atomic E-state index is 12.1. The first-order valence-electron chi connectivity index (χ1n) is 8.75. The Kier molecular flexibility index (Phi) is 4.92. The van der Waals surface area contributed by atoms with Gasteiger partial charge in [0.15, 0.2) is 0 Å². The lowest BCUT2D eigenvalue weighted by Gasteiger charge is -2.27. The molecule has 0 aliphatic carbocycles. The van der Waals surface area contributed by atoms with Gasteiger partial charge in [0.2, 0.25) is 0 Å². The van der Waals surface area contributed by atoms with Gasteiger partial charge in [0.25, 0.3) is 0 Å². The number of carbonyl (C=O) groups excluding carboxylic acids is 1. The number of fused-ring (bicyclic) bond motifs is 1. The Morgan fingerprint density at radius 2 is 2.19 bits per heavy atom. The van der Waals surface area contributed by atoms with Crippen molar-refractivity contribution in [3.05, 3.63) is 24.0 Å². The molecule has 1 amide bonds. The monoisotopic (exact) mass is 379 g/mol. The molecule has 2 aromatic rings. The molecule has 1 atom stereocenters. The number of rotatable bonds is 3. The fourth-order valence-electron chi connectivity index (χ4n) is 3.26. The zero-order valence-electron chi connectivity index (χ0n) is 15.9. The average molecular weight is 380 g/mol. The minimum Gasteiger partial charge on any atom is -0.444 e. The van der Waals surface area contributed by atoms with E-state index in [1.165, 1.54) is 0 Å². The Balaban J connectivity index is 1.98. The van der Waals surface area contributed by atoms with Crippen LogP contribution in [0.5, 0.6) is 0 Å². The Morgan fingerprint density at radius 1 is 1.46 bits per heavy atom. The second-order valence-electron chi connectivity index (χ2n) is 8.38. The summed E-state index contributed by atoms with van der Waals surface area (Å²) in [6.45, 7) is 11.2. The van der Waals surface area contributed by atoms with E-state index < -0.39 is 11.7 Å². The predicted octanol–water partition coefficient (Wildman–Crippen LogP) is 4.72. The van der Waals surface area contributed by atoms with Gasteiger partial charge in [-0.2, -0.15) is 0 Å². The first-order valence-corrected chi connectivity index (χ1v) is 9.29. The molecule has 1 aromatic carbocycles. The summed E-state index contributed by atoms with van der Waals surface area (Å²) in [5.41, 5.74) is 1.86. The van der Waals surface area contributed by atoms with E-state index in [4.69, 9.17) is 21.1 Å². The largest absolute Gasteiger partial charge is 0.444 e. The van der Waals surface area contributed by atoms with E-state index in [1.54, 1.807) is 0 Å². The van der Waals surface area contributed by atoms with E-state index in [0.29, 0.717) is 24.8 Å². The molecule has 142 valence electrons. The first kappa shape index (κ1) is 19.0. The molecule has 26 heavy (non-hydrogen) atoms. The zero-order chi connectivity index (χ0) is 19.1. The van der Waals surface area contributed by atoms with Crippen molar-refractivity contribution in [3.8, 4) is 0 Å². The number of anilines is 1. The molecule has 2 heterocycles. The van der Waals surface area contributed by atoms with E-state index in [-0.39, 0.29) is 11.5 Å². The van der Waals surface area contributed by atoms with Gasteiger partial charge in [-0.05, 0) is 39.0 Å². The van der Waals surface area contributed by atoms with Crippen LogP contribution in [-0.4, -0.2) is 34.5 Å². The zero-order valence-corrected chi connectivity index (χ0v) is 16.7. The number of nitrogens with zero attached hydrogens (tertiary/aromatic N) is 2. The van der Waals surface area contributed by atoms with Gasteiger partial charge in [0.1, 0.15) is 11.4 Å². The van der Waals surface area contributed by atoms with Gasteiger partial charge < -0.3 is 14.0 Å². The predicted molar refractivity (Wildman–Crippen MR) is 103 cm³/mol. The summed E-state index contributed by atoms with van der Waals surface area (Å²) in [7, 11) is 0. The third-order valence-corrected chi connectivity index (χ3v) is 4.73. The Hall–Kier alpha value is -1.79. The highest BCUT2D eigenvalue weighted by atomic mass is 35.5. The Bertz CT molecular complexity index is 823. The second kappa shape index (κ2) is 6.74. The lowest BCUT2D eigenvalue weighted by molar-refractivity contribution is 0.0636. The standard InChI is InChI=1S/C19H26ClN3O3/c1-18(2,3)26-17(24)21-12-6-7-13-14(8-12)23(16(9-20)22-13)15-10-25-11-19(15,4)5/h6-8,15H,9-11H2,1-5H3,(H,21,24)/t15-/m1/s1. The highest BCUT2D eigenvalue weighted by Crippen LogP contribution is 2.40. The number of nitrogens with one attached hydrogen (secondary N) is 1. The van der Waals surface area contributed by atoms with E-state index >= 15 is 0 Å². The molecular formula is C19H26ClN3O3. The van der Waals surface area contributed by atoms with Gasteiger partial charge in [0, 0.05) is 11.1 Å². The summed E-state index contributed by atoms with van der Waals surface area (Å²) in [5.74, 6) is 1.12. The van der Waals surface area contributed by atoms with Crippen LogP contribution in [0.1, 0.15) is 46.5 Å². The van der Waals surface area contributed by atoms with Gasteiger partial charge in [-0.25, -0.2) is 9.78 Å². The number of aromatic nitrogens is 2. The highest BCUT2D eigenvalue weighted by Gasteiger charge is 2.38. The van der Waals surface area contributed by atoms with Crippen molar-refractivity contribution < 1.29 is 14.3 Å². The van der Waals surface area contributed by atoms with Crippen LogP contribution in [0.3, 0.4) is 0 Å². The lowest BCUT2D eigenvalue weighted by atomic mass is 9.87. The number of alkyl halides is 1. The van der Waals surface area contributed by atoms with Gasteiger partial charge in [-0.3, -0.25) is 5.32 Å². The first-order chi connectivity index (χ1) is 12.1. The lowest BCUT2D eigenvalue weighted by Crippen LogP contribution is -2.27. The second-order valence-corrected chi connectivity index (χ2v) is 8.65. The minimum absolute atomic E-state index is 0.0248.